The fourth-order valence-electron chi connectivity index (χ4n) is 1.99. The first kappa shape index (κ1) is 13.7. The van der Waals surface area contributed by atoms with Crippen LogP contribution in [0, 0.1) is 0 Å². The van der Waals surface area contributed by atoms with Crippen LogP contribution in [0.3, 0.4) is 0 Å². The van der Waals surface area contributed by atoms with E-state index in [-0.39, 0.29) is 0 Å². The van der Waals surface area contributed by atoms with E-state index in [4.69, 9.17) is 5.73 Å². The molecule has 0 bridgehead atoms. The lowest BCUT2D eigenvalue weighted by Gasteiger charge is -2.08. The molecular weight excluding hydrogens is 214 g/mol. The predicted octanol–water partition coefficient (Wildman–Crippen LogP) is 4.15. The first-order valence-electron chi connectivity index (χ1n) is 6.59. The number of nitrogens with two attached hydrogens (primary N) is 1. The van der Waals surface area contributed by atoms with Crippen LogP contribution in [-0.2, 0) is 12.8 Å². The lowest BCUT2D eigenvalue weighted by atomic mass is 10.1. The van der Waals surface area contributed by atoms with E-state index in [0.717, 1.165) is 0 Å². The first-order valence-corrected chi connectivity index (χ1v) is 7.41. The Morgan fingerprint density at radius 2 is 1.75 bits per heavy atom. The normalized spacial score (nSPS) is 12.9. The van der Waals surface area contributed by atoms with E-state index < -0.39 is 0 Å². The maximum absolute atomic E-state index is 6.00. The van der Waals surface area contributed by atoms with E-state index >= 15 is 0 Å². The molecule has 16 heavy (non-hydrogen) atoms. The summed E-state index contributed by atoms with van der Waals surface area (Å²) in [5.74, 6) is 0. The van der Waals surface area contributed by atoms with E-state index in [0.29, 0.717) is 6.04 Å². The van der Waals surface area contributed by atoms with Crippen molar-refractivity contribution in [2.45, 2.75) is 64.8 Å². The second-order valence-corrected chi connectivity index (χ2v) is 5.81. The molecule has 0 spiro atoms. The SMILES string of the molecule is CCCc1ccc(CCCC(N)CCC)s1. The lowest BCUT2D eigenvalue weighted by molar-refractivity contribution is 0.540. The highest BCUT2D eigenvalue weighted by Gasteiger charge is 2.03. The van der Waals surface area contributed by atoms with E-state index in [1.807, 2.05) is 11.3 Å². The molecule has 0 radical (unpaired) electrons. The van der Waals surface area contributed by atoms with Crippen LogP contribution < -0.4 is 5.73 Å². The zero-order chi connectivity index (χ0) is 11.8. The Bertz CT molecular complexity index is 280. The summed E-state index contributed by atoms with van der Waals surface area (Å²) in [6.45, 7) is 4.44. The molecular formula is C14H25NS. The molecule has 2 N–H and O–H groups in total. The molecule has 1 atom stereocenters. The van der Waals surface area contributed by atoms with Crippen molar-refractivity contribution in [2.75, 3.05) is 0 Å². The summed E-state index contributed by atoms with van der Waals surface area (Å²) in [6.07, 6.45) is 8.50. The predicted molar refractivity (Wildman–Crippen MR) is 74.1 cm³/mol. The highest BCUT2D eigenvalue weighted by molar-refractivity contribution is 7.11. The van der Waals surface area contributed by atoms with Crippen molar-refractivity contribution >= 4 is 11.3 Å². The average Bonchev–Trinajstić information content (AvgIpc) is 2.67. The highest BCUT2D eigenvalue weighted by atomic mass is 32.1. The maximum Gasteiger partial charge on any atom is 0.00481 e. The van der Waals surface area contributed by atoms with Gasteiger partial charge in [-0.25, -0.2) is 0 Å². The summed E-state index contributed by atoms with van der Waals surface area (Å²) in [7, 11) is 0. The molecule has 0 aliphatic rings. The van der Waals surface area contributed by atoms with Gasteiger partial charge in [0.1, 0.15) is 0 Å². The number of hydrogen-bond donors (Lipinski definition) is 1. The van der Waals surface area contributed by atoms with Gasteiger partial charge in [-0.15, -0.1) is 11.3 Å². The fraction of sp³-hybridized carbons (Fsp3) is 0.714. The molecule has 0 amide bonds. The molecule has 1 aromatic rings. The maximum atomic E-state index is 6.00. The van der Waals surface area contributed by atoms with Gasteiger partial charge in [0.05, 0.1) is 0 Å². The van der Waals surface area contributed by atoms with Crippen molar-refractivity contribution in [3.8, 4) is 0 Å². The van der Waals surface area contributed by atoms with Crippen LogP contribution >= 0.6 is 11.3 Å². The molecule has 0 saturated heterocycles. The van der Waals surface area contributed by atoms with Crippen LogP contribution in [0.25, 0.3) is 0 Å². The Morgan fingerprint density at radius 3 is 2.38 bits per heavy atom. The minimum Gasteiger partial charge on any atom is -0.328 e. The van der Waals surface area contributed by atoms with Crippen molar-refractivity contribution in [3.05, 3.63) is 21.9 Å². The molecule has 1 rings (SSSR count). The second kappa shape index (κ2) is 7.86. The van der Waals surface area contributed by atoms with Crippen molar-refractivity contribution in [2.24, 2.45) is 5.73 Å². The summed E-state index contributed by atoms with van der Waals surface area (Å²) in [5.41, 5.74) is 6.00. The van der Waals surface area contributed by atoms with Gasteiger partial charge in [-0.2, -0.15) is 0 Å². The number of aryl methyl sites for hydroxylation is 2. The zero-order valence-electron chi connectivity index (χ0n) is 10.7. The molecule has 92 valence electrons. The Morgan fingerprint density at radius 1 is 1.06 bits per heavy atom. The Hall–Kier alpha value is -0.340. The number of hydrogen-bond acceptors (Lipinski definition) is 2. The van der Waals surface area contributed by atoms with Crippen LogP contribution in [0.5, 0.6) is 0 Å². The Kier molecular flexibility index (Phi) is 6.74. The summed E-state index contributed by atoms with van der Waals surface area (Å²) >= 11 is 1.98. The van der Waals surface area contributed by atoms with Crippen molar-refractivity contribution in [1.82, 2.24) is 0 Å². The highest BCUT2D eigenvalue weighted by Crippen LogP contribution is 2.20. The topological polar surface area (TPSA) is 26.0 Å². The van der Waals surface area contributed by atoms with Gasteiger partial charge in [-0.3, -0.25) is 0 Å². The first-order chi connectivity index (χ1) is 7.76. The van der Waals surface area contributed by atoms with Crippen LogP contribution in [0.4, 0.5) is 0 Å². The van der Waals surface area contributed by atoms with E-state index in [1.165, 1.54) is 54.7 Å². The molecule has 0 fully saturated rings. The fourth-order valence-corrected chi connectivity index (χ4v) is 3.15. The van der Waals surface area contributed by atoms with Gasteiger partial charge < -0.3 is 5.73 Å². The number of rotatable bonds is 8. The van der Waals surface area contributed by atoms with Crippen molar-refractivity contribution < 1.29 is 0 Å². The van der Waals surface area contributed by atoms with Gasteiger partial charge in [-0.1, -0.05) is 26.7 Å². The van der Waals surface area contributed by atoms with Crippen molar-refractivity contribution in [1.29, 1.82) is 0 Å². The summed E-state index contributed by atoms with van der Waals surface area (Å²) < 4.78 is 0. The van der Waals surface area contributed by atoms with Gasteiger partial charge in [0, 0.05) is 15.8 Å². The monoisotopic (exact) mass is 239 g/mol. The molecule has 1 aromatic heterocycles. The molecule has 0 aromatic carbocycles. The van der Waals surface area contributed by atoms with E-state index in [9.17, 15) is 0 Å². The minimum absolute atomic E-state index is 0.417. The largest absolute Gasteiger partial charge is 0.328 e. The standard InChI is InChI=1S/C14H25NS/c1-3-6-12(15)8-5-9-14-11-10-13(16-14)7-4-2/h10-12H,3-9,15H2,1-2H3. The second-order valence-electron chi connectivity index (χ2n) is 4.56. The third-order valence-electron chi connectivity index (χ3n) is 2.87. The molecule has 0 aliphatic heterocycles. The van der Waals surface area contributed by atoms with Gasteiger partial charge in [0.2, 0.25) is 0 Å². The third-order valence-corrected chi connectivity index (χ3v) is 4.08. The van der Waals surface area contributed by atoms with Gasteiger partial charge in [-0.05, 0) is 44.2 Å². The Labute approximate surface area is 104 Å². The molecule has 1 unspecified atom stereocenters. The molecule has 2 heteroatoms. The quantitative estimate of drug-likeness (QED) is 0.724. The molecule has 1 heterocycles. The Balaban J connectivity index is 2.21. The smallest absolute Gasteiger partial charge is 0.00481 e. The van der Waals surface area contributed by atoms with Gasteiger partial charge in [0.15, 0.2) is 0 Å². The van der Waals surface area contributed by atoms with Gasteiger partial charge in [0.25, 0.3) is 0 Å². The molecule has 1 nitrogen and oxygen atoms in total. The van der Waals surface area contributed by atoms with Crippen LogP contribution in [0.2, 0.25) is 0 Å². The lowest BCUT2D eigenvalue weighted by Crippen LogP contribution is -2.19. The number of thiophene rings is 1. The summed E-state index contributed by atoms with van der Waals surface area (Å²) in [4.78, 5) is 3.07. The van der Waals surface area contributed by atoms with Crippen LogP contribution in [0.15, 0.2) is 12.1 Å². The van der Waals surface area contributed by atoms with Crippen LogP contribution in [-0.4, -0.2) is 6.04 Å². The van der Waals surface area contributed by atoms with Crippen molar-refractivity contribution in [3.63, 3.8) is 0 Å². The molecule has 0 aliphatic carbocycles. The summed E-state index contributed by atoms with van der Waals surface area (Å²) in [5, 5.41) is 0. The van der Waals surface area contributed by atoms with Gasteiger partial charge >= 0.3 is 0 Å². The summed E-state index contributed by atoms with van der Waals surface area (Å²) in [6, 6.07) is 5.00. The minimum atomic E-state index is 0.417. The average molecular weight is 239 g/mol. The molecule has 0 saturated carbocycles. The van der Waals surface area contributed by atoms with E-state index in [1.54, 1.807) is 0 Å². The van der Waals surface area contributed by atoms with E-state index in [2.05, 4.69) is 26.0 Å². The van der Waals surface area contributed by atoms with Crippen LogP contribution in [0.1, 0.15) is 55.7 Å². The third kappa shape index (κ3) is 5.13. The zero-order valence-corrected chi connectivity index (χ0v) is 11.5.